The van der Waals surface area contributed by atoms with Gasteiger partial charge in [-0.2, -0.15) is 0 Å². The smallest absolute Gasteiger partial charge is 0.248 e. The standard InChI is InChI=1S/C22H30N4O3.HI/c1-3-29-14-4-13-24-22(26-16-18-7-11-20(28-2)12-8-18)25-15-17-5-9-19(10-6-17)21(23)27;/h5-12H,3-4,13-16H2,1-2H3,(H2,23,27)(H2,24,25,26);1H. The van der Waals surface area contributed by atoms with E-state index in [0.717, 1.165) is 42.4 Å². The van der Waals surface area contributed by atoms with E-state index in [9.17, 15) is 4.79 Å². The Labute approximate surface area is 195 Å². The predicted molar refractivity (Wildman–Crippen MR) is 130 cm³/mol. The maximum atomic E-state index is 11.2. The molecule has 0 fully saturated rings. The lowest BCUT2D eigenvalue weighted by Gasteiger charge is -2.13. The van der Waals surface area contributed by atoms with Crippen LogP contribution in [0.5, 0.6) is 5.75 Å². The molecule has 0 unspecified atom stereocenters. The van der Waals surface area contributed by atoms with Crippen molar-refractivity contribution in [2.45, 2.75) is 26.4 Å². The van der Waals surface area contributed by atoms with Gasteiger partial charge in [-0.05, 0) is 48.7 Å². The first kappa shape index (κ1) is 25.7. The lowest BCUT2D eigenvalue weighted by atomic mass is 10.1. The monoisotopic (exact) mass is 526 g/mol. The molecule has 7 nitrogen and oxygen atoms in total. The topological polar surface area (TPSA) is 98.0 Å². The number of halogens is 1. The van der Waals surface area contributed by atoms with Gasteiger partial charge in [0.2, 0.25) is 5.91 Å². The summed E-state index contributed by atoms with van der Waals surface area (Å²) in [6.45, 7) is 5.31. The number of nitrogens with zero attached hydrogens (tertiary/aromatic N) is 1. The normalized spacial score (nSPS) is 10.8. The first-order valence-electron chi connectivity index (χ1n) is 9.74. The highest BCUT2D eigenvalue weighted by Crippen LogP contribution is 2.12. The molecule has 8 heteroatoms. The summed E-state index contributed by atoms with van der Waals surface area (Å²) in [5.41, 5.74) is 7.90. The van der Waals surface area contributed by atoms with Crippen LogP contribution in [0.1, 0.15) is 34.8 Å². The van der Waals surface area contributed by atoms with Gasteiger partial charge in [0.25, 0.3) is 0 Å². The number of aliphatic imine (C=N–C) groups is 1. The van der Waals surface area contributed by atoms with Crippen molar-refractivity contribution in [2.24, 2.45) is 10.7 Å². The van der Waals surface area contributed by atoms with Gasteiger partial charge in [0.1, 0.15) is 5.75 Å². The second-order valence-corrected chi connectivity index (χ2v) is 6.40. The van der Waals surface area contributed by atoms with Crippen molar-refractivity contribution in [1.29, 1.82) is 0 Å². The number of carbonyl (C=O) groups is 1. The average molecular weight is 526 g/mol. The lowest BCUT2D eigenvalue weighted by Crippen LogP contribution is -2.37. The van der Waals surface area contributed by atoms with E-state index in [-0.39, 0.29) is 24.0 Å². The number of guanidine groups is 1. The third-order valence-electron chi connectivity index (χ3n) is 4.24. The maximum Gasteiger partial charge on any atom is 0.248 e. The van der Waals surface area contributed by atoms with Crippen molar-refractivity contribution in [3.8, 4) is 5.75 Å². The number of hydrogen-bond acceptors (Lipinski definition) is 4. The molecule has 0 spiro atoms. The zero-order chi connectivity index (χ0) is 20.9. The fourth-order valence-corrected chi connectivity index (χ4v) is 2.57. The third kappa shape index (κ3) is 9.45. The largest absolute Gasteiger partial charge is 0.497 e. The van der Waals surface area contributed by atoms with Crippen LogP contribution in [0.3, 0.4) is 0 Å². The Balaban J connectivity index is 0.00000450. The summed E-state index contributed by atoms with van der Waals surface area (Å²) in [6.07, 6.45) is 0.893. The van der Waals surface area contributed by atoms with Crippen molar-refractivity contribution >= 4 is 35.8 Å². The number of carbonyl (C=O) groups excluding carboxylic acids is 1. The van der Waals surface area contributed by atoms with Crippen LogP contribution in [0.4, 0.5) is 0 Å². The van der Waals surface area contributed by atoms with Crippen molar-refractivity contribution in [1.82, 2.24) is 10.6 Å². The summed E-state index contributed by atoms with van der Waals surface area (Å²) < 4.78 is 10.6. The quantitative estimate of drug-likeness (QED) is 0.181. The van der Waals surface area contributed by atoms with E-state index in [4.69, 9.17) is 15.2 Å². The van der Waals surface area contributed by atoms with Crippen LogP contribution in [0.25, 0.3) is 0 Å². The molecule has 0 radical (unpaired) electrons. The Kier molecular flexibility index (Phi) is 12.5. The van der Waals surface area contributed by atoms with Gasteiger partial charge in [0, 0.05) is 31.9 Å². The van der Waals surface area contributed by atoms with Crippen molar-refractivity contribution < 1.29 is 14.3 Å². The van der Waals surface area contributed by atoms with Gasteiger partial charge in [-0.1, -0.05) is 24.3 Å². The number of benzene rings is 2. The molecule has 0 aromatic heterocycles. The van der Waals surface area contributed by atoms with Gasteiger partial charge in [-0.3, -0.25) is 4.79 Å². The van der Waals surface area contributed by atoms with Crippen molar-refractivity contribution in [3.63, 3.8) is 0 Å². The van der Waals surface area contributed by atoms with E-state index in [2.05, 4.69) is 15.6 Å². The summed E-state index contributed by atoms with van der Waals surface area (Å²) in [4.78, 5) is 15.9. The number of nitrogens with two attached hydrogens (primary N) is 1. The van der Waals surface area contributed by atoms with Crippen LogP contribution in [-0.4, -0.2) is 38.7 Å². The SMILES string of the molecule is CCOCCCNC(=NCc1ccc(OC)cc1)NCc1ccc(C(N)=O)cc1.I. The summed E-state index contributed by atoms with van der Waals surface area (Å²) in [6, 6.07) is 15.1. The van der Waals surface area contributed by atoms with Crippen LogP contribution < -0.4 is 21.1 Å². The number of methoxy groups -OCH3 is 1. The molecule has 0 atom stereocenters. The highest BCUT2D eigenvalue weighted by Gasteiger charge is 2.03. The number of hydrogen-bond donors (Lipinski definition) is 3. The van der Waals surface area contributed by atoms with Crippen molar-refractivity contribution in [3.05, 3.63) is 65.2 Å². The van der Waals surface area contributed by atoms with E-state index >= 15 is 0 Å². The van der Waals surface area contributed by atoms with Crippen LogP contribution in [-0.2, 0) is 17.8 Å². The highest BCUT2D eigenvalue weighted by molar-refractivity contribution is 14.0. The van der Waals surface area contributed by atoms with Crippen LogP contribution in [0, 0.1) is 0 Å². The lowest BCUT2D eigenvalue weighted by molar-refractivity contribution is 0.1000. The average Bonchev–Trinajstić information content (AvgIpc) is 2.75. The molecule has 0 saturated carbocycles. The van der Waals surface area contributed by atoms with E-state index in [1.54, 1.807) is 19.2 Å². The fraction of sp³-hybridized carbons (Fsp3) is 0.364. The molecule has 0 saturated heterocycles. The highest BCUT2D eigenvalue weighted by atomic mass is 127. The molecule has 4 N–H and O–H groups in total. The van der Waals surface area contributed by atoms with E-state index < -0.39 is 5.91 Å². The predicted octanol–water partition coefficient (Wildman–Crippen LogP) is 3.07. The van der Waals surface area contributed by atoms with Crippen LogP contribution in [0.15, 0.2) is 53.5 Å². The molecule has 0 bridgehead atoms. The Bertz CT molecular complexity index is 780. The number of rotatable bonds is 11. The summed E-state index contributed by atoms with van der Waals surface area (Å²) >= 11 is 0. The third-order valence-corrected chi connectivity index (χ3v) is 4.24. The number of nitrogens with one attached hydrogen (secondary N) is 2. The number of primary amides is 1. The Morgan fingerprint density at radius 1 is 1.03 bits per heavy atom. The molecule has 2 aromatic carbocycles. The van der Waals surface area contributed by atoms with E-state index in [0.29, 0.717) is 25.3 Å². The van der Waals surface area contributed by atoms with Gasteiger partial charge in [0.05, 0.1) is 13.7 Å². The van der Waals surface area contributed by atoms with Gasteiger partial charge >= 0.3 is 0 Å². The van der Waals surface area contributed by atoms with Crippen LogP contribution >= 0.6 is 24.0 Å². The number of ether oxygens (including phenoxy) is 2. The Morgan fingerprint density at radius 3 is 2.30 bits per heavy atom. The molecule has 0 aliphatic carbocycles. The Morgan fingerprint density at radius 2 is 1.70 bits per heavy atom. The minimum atomic E-state index is -0.429. The fourth-order valence-electron chi connectivity index (χ4n) is 2.57. The summed E-state index contributed by atoms with van der Waals surface area (Å²) in [7, 11) is 1.65. The molecular weight excluding hydrogens is 495 g/mol. The first-order chi connectivity index (χ1) is 14.1. The molecule has 0 aliphatic rings. The molecule has 2 rings (SSSR count). The Hall–Kier alpha value is -2.33. The molecule has 2 aromatic rings. The van der Waals surface area contributed by atoms with Crippen molar-refractivity contribution in [2.75, 3.05) is 26.9 Å². The van der Waals surface area contributed by atoms with Gasteiger partial charge in [-0.15, -0.1) is 24.0 Å². The summed E-state index contributed by atoms with van der Waals surface area (Å²) in [5, 5.41) is 6.66. The molecule has 1 amide bonds. The minimum Gasteiger partial charge on any atom is -0.497 e. The second kappa shape index (κ2) is 14.6. The second-order valence-electron chi connectivity index (χ2n) is 6.40. The molecule has 30 heavy (non-hydrogen) atoms. The maximum absolute atomic E-state index is 11.2. The van der Waals surface area contributed by atoms with E-state index in [1.165, 1.54) is 0 Å². The van der Waals surface area contributed by atoms with Gasteiger partial charge in [-0.25, -0.2) is 4.99 Å². The van der Waals surface area contributed by atoms with Crippen LogP contribution in [0.2, 0.25) is 0 Å². The first-order valence-corrected chi connectivity index (χ1v) is 9.74. The molecule has 164 valence electrons. The molecule has 0 heterocycles. The molecule has 0 aliphatic heterocycles. The minimum absolute atomic E-state index is 0. The number of amides is 1. The van der Waals surface area contributed by atoms with Gasteiger partial charge in [0.15, 0.2) is 5.96 Å². The summed E-state index contributed by atoms with van der Waals surface area (Å²) in [5.74, 6) is 1.11. The van der Waals surface area contributed by atoms with E-state index in [1.807, 2.05) is 43.3 Å². The molecular formula is C22H31IN4O3. The van der Waals surface area contributed by atoms with Gasteiger partial charge < -0.3 is 25.8 Å². The zero-order valence-corrected chi connectivity index (χ0v) is 19.8. The zero-order valence-electron chi connectivity index (χ0n) is 17.5.